The summed E-state index contributed by atoms with van der Waals surface area (Å²) in [5.41, 5.74) is 3.82. The van der Waals surface area contributed by atoms with E-state index in [2.05, 4.69) is 10.4 Å². The molecule has 3 rings (SSSR count). The van der Waals surface area contributed by atoms with E-state index in [1.165, 1.54) is 0 Å². The van der Waals surface area contributed by atoms with Crippen molar-refractivity contribution in [3.8, 4) is 11.5 Å². The van der Waals surface area contributed by atoms with Crippen LogP contribution < -0.4 is 14.8 Å². The van der Waals surface area contributed by atoms with Crippen molar-refractivity contribution in [2.75, 3.05) is 14.2 Å². The summed E-state index contributed by atoms with van der Waals surface area (Å²) < 4.78 is 12.4. The fraction of sp³-hybridized carbons (Fsp3) is 0.286. The van der Waals surface area contributed by atoms with Gasteiger partial charge < -0.3 is 14.8 Å². The zero-order valence-corrected chi connectivity index (χ0v) is 18.7. The number of nitrogens with one attached hydrogen (secondary N) is 1. The molecule has 0 aliphatic rings. The molecule has 8 heteroatoms. The second kappa shape index (κ2) is 9.72. The smallest absolute Gasteiger partial charge is 0.161 e. The Morgan fingerprint density at radius 3 is 2.41 bits per heavy atom. The fourth-order valence-corrected chi connectivity index (χ4v) is 3.80. The summed E-state index contributed by atoms with van der Waals surface area (Å²) in [6.07, 6.45) is 0. The van der Waals surface area contributed by atoms with Gasteiger partial charge in [-0.15, -0.1) is 0 Å². The van der Waals surface area contributed by atoms with Crippen LogP contribution in [0.4, 0.5) is 0 Å². The molecule has 2 aromatic carbocycles. The Hall–Kier alpha value is -1.92. The van der Waals surface area contributed by atoms with Gasteiger partial charge in [0.05, 0.1) is 26.5 Å². The number of aromatic nitrogens is 2. The van der Waals surface area contributed by atoms with Gasteiger partial charge in [-0.25, -0.2) is 4.68 Å². The third-order valence-electron chi connectivity index (χ3n) is 4.60. The summed E-state index contributed by atoms with van der Waals surface area (Å²) in [4.78, 5) is 0. The Labute approximate surface area is 185 Å². The summed E-state index contributed by atoms with van der Waals surface area (Å²) in [5.74, 6) is 1.41. The molecule has 0 aliphatic heterocycles. The van der Waals surface area contributed by atoms with Crippen molar-refractivity contribution in [1.82, 2.24) is 15.1 Å². The van der Waals surface area contributed by atoms with E-state index in [1.54, 1.807) is 31.0 Å². The summed E-state index contributed by atoms with van der Waals surface area (Å²) in [5, 5.41) is 9.75. The van der Waals surface area contributed by atoms with Crippen LogP contribution >= 0.6 is 34.8 Å². The molecule has 1 heterocycles. The van der Waals surface area contributed by atoms with Gasteiger partial charge in [-0.1, -0.05) is 46.9 Å². The van der Waals surface area contributed by atoms with Crippen LogP contribution in [0.2, 0.25) is 15.2 Å². The van der Waals surface area contributed by atoms with Gasteiger partial charge in [0.15, 0.2) is 11.5 Å². The van der Waals surface area contributed by atoms with Gasteiger partial charge in [0.25, 0.3) is 0 Å². The van der Waals surface area contributed by atoms with Gasteiger partial charge in [-0.3, -0.25) is 0 Å². The number of methoxy groups -OCH3 is 2. The lowest BCUT2D eigenvalue weighted by Crippen LogP contribution is -2.13. The number of hydrogen-bond donors (Lipinski definition) is 1. The average molecular weight is 455 g/mol. The molecular formula is C21H22Cl3N3O2. The van der Waals surface area contributed by atoms with Crippen LogP contribution in [0.15, 0.2) is 36.4 Å². The van der Waals surface area contributed by atoms with Gasteiger partial charge in [-0.2, -0.15) is 5.10 Å². The topological polar surface area (TPSA) is 48.3 Å². The molecule has 1 N–H and O–H groups in total. The molecule has 1 aromatic heterocycles. The first kappa shape index (κ1) is 21.8. The van der Waals surface area contributed by atoms with Crippen LogP contribution in [-0.4, -0.2) is 24.0 Å². The highest BCUT2D eigenvalue weighted by molar-refractivity contribution is 6.35. The van der Waals surface area contributed by atoms with E-state index < -0.39 is 0 Å². The molecule has 0 atom stereocenters. The lowest BCUT2D eigenvalue weighted by atomic mass is 10.2. The number of aryl methyl sites for hydroxylation is 1. The zero-order chi connectivity index (χ0) is 21.0. The van der Waals surface area contributed by atoms with Crippen LogP contribution in [0, 0.1) is 6.92 Å². The number of rotatable bonds is 8. The third kappa shape index (κ3) is 5.17. The number of nitrogens with zero attached hydrogens (tertiary/aromatic N) is 2. The monoisotopic (exact) mass is 453 g/mol. The molecule has 0 bridgehead atoms. The Balaban J connectivity index is 1.67. The third-order valence-corrected chi connectivity index (χ3v) is 5.61. The number of hydrogen-bond acceptors (Lipinski definition) is 4. The Morgan fingerprint density at radius 2 is 1.72 bits per heavy atom. The largest absolute Gasteiger partial charge is 0.493 e. The predicted octanol–water partition coefficient (Wildman–Crippen LogP) is 5.51. The van der Waals surface area contributed by atoms with Gasteiger partial charge in [0, 0.05) is 28.7 Å². The molecule has 0 fully saturated rings. The predicted molar refractivity (Wildman–Crippen MR) is 118 cm³/mol. The van der Waals surface area contributed by atoms with Gasteiger partial charge in [-0.05, 0) is 42.3 Å². The van der Waals surface area contributed by atoms with Crippen molar-refractivity contribution < 1.29 is 9.47 Å². The van der Waals surface area contributed by atoms with Crippen molar-refractivity contribution in [2.24, 2.45) is 0 Å². The Kier molecular flexibility index (Phi) is 7.30. The quantitative estimate of drug-likeness (QED) is 0.488. The van der Waals surface area contributed by atoms with Crippen molar-refractivity contribution >= 4 is 34.8 Å². The van der Waals surface area contributed by atoms with Gasteiger partial charge in [0.1, 0.15) is 5.15 Å². The maximum absolute atomic E-state index is 6.59. The van der Waals surface area contributed by atoms with Gasteiger partial charge in [0.2, 0.25) is 0 Å². The fourth-order valence-electron chi connectivity index (χ4n) is 3.03. The highest BCUT2D eigenvalue weighted by Gasteiger charge is 2.15. The first-order valence-corrected chi connectivity index (χ1v) is 10.1. The molecule has 0 radical (unpaired) electrons. The van der Waals surface area contributed by atoms with Crippen LogP contribution in [-0.2, 0) is 19.6 Å². The minimum Gasteiger partial charge on any atom is -0.493 e. The summed E-state index contributed by atoms with van der Waals surface area (Å²) >= 11 is 18.8. The number of ether oxygens (including phenoxy) is 2. The van der Waals surface area contributed by atoms with Crippen molar-refractivity contribution in [2.45, 2.75) is 26.6 Å². The molecule has 0 spiro atoms. The van der Waals surface area contributed by atoms with E-state index in [-0.39, 0.29) is 0 Å². The standard InChI is InChI=1S/C21H22Cl3N3O2/c1-13-17(11-25-10-14-4-7-19(28-2)20(8-14)29-3)21(24)27(26-13)12-15-5-6-16(22)9-18(15)23/h4-9,25H,10-12H2,1-3H3. The van der Waals surface area contributed by atoms with Crippen molar-refractivity contribution in [1.29, 1.82) is 0 Å². The van der Waals surface area contributed by atoms with Crippen LogP contribution in [0.1, 0.15) is 22.4 Å². The lowest BCUT2D eigenvalue weighted by Gasteiger charge is -2.10. The zero-order valence-electron chi connectivity index (χ0n) is 16.4. The maximum atomic E-state index is 6.59. The summed E-state index contributed by atoms with van der Waals surface area (Å²) in [7, 11) is 3.24. The molecule has 0 unspecified atom stereocenters. The van der Waals surface area contributed by atoms with E-state index in [1.807, 2.05) is 31.2 Å². The molecule has 0 saturated carbocycles. The van der Waals surface area contributed by atoms with E-state index in [9.17, 15) is 0 Å². The molecule has 3 aromatic rings. The lowest BCUT2D eigenvalue weighted by molar-refractivity contribution is 0.354. The second-order valence-corrected chi connectivity index (χ2v) is 7.74. The Bertz CT molecular complexity index is 1010. The summed E-state index contributed by atoms with van der Waals surface area (Å²) in [6.45, 7) is 3.67. The van der Waals surface area contributed by atoms with E-state index in [0.29, 0.717) is 46.3 Å². The van der Waals surface area contributed by atoms with Crippen molar-refractivity contribution in [3.63, 3.8) is 0 Å². The summed E-state index contributed by atoms with van der Waals surface area (Å²) in [6, 6.07) is 11.2. The molecule has 0 aliphatic carbocycles. The van der Waals surface area contributed by atoms with Crippen LogP contribution in [0.25, 0.3) is 0 Å². The van der Waals surface area contributed by atoms with E-state index in [0.717, 1.165) is 22.4 Å². The Morgan fingerprint density at radius 1 is 0.966 bits per heavy atom. The van der Waals surface area contributed by atoms with Crippen LogP contribution in [0.3, 0.4) is 0 Å². The van der Waals surface area contributed by atoms with E-state index >= 15 is 0 Å². The van der Waals surface area contributed by atoms with Crippen LogP contribution in [0.5, 0.6) is 11.5 Å². The molecular weight excluding hydrogens is 433 g/mol. The number of benzene rings is 2. The molecule has 0 saturated heterocycles. The second-order valence-electron chi connectivity index (χ2n) is 6.54. The SMILES string of the molecule is COc1ccc(CNCc2c(C)nn(Cc3ccc(Cl)cc3Cl)c2Cl)cc1OC. The maximum Gasteiger partial charge on any atom is 0.161 e. The first-order chi connectivity index (χ1) is 13.9. The molecule has 5 nitrogen and oxygen atoms in total. The molecule has 0 amide bonds. The minimum absolute atomic E-state index is 0.478. The van der Waals surface area contributed by atoms with Crippen molar-refractivity contribution in [3.05, 3.63) is 74.0 Å². The van der Waals surface area contributed by atoms with Gasteiger partial charge >= 0.3 is 0 Å². The molecule has 154 valence electrons. The minimum atomic E-state index is 0.478. The van der Waals surface area contributed by atoms with E-state index in [4.69, 9.17) is 44.3 Å². The number of halogens is 3. The molecule has 29 heavy (non-hydrogen) atoms. The highest BCUT2D eigenvalue weighted by atomic mass is 35.5. The first-order valence-electron chi connectivity index (χ1n) is 9.00. The highest BCUT2D eigenvalue weighted by Crippen LogP contribution is 2.28. The average Bonchev–Trinajstić information content (AvgIpc) is 2.97. The normalized spacial score (nSPS) is 11.0.